The first kappa shape index (κ1) is 15.5. The minimum absolute atomic E-state index is 0.0250. The van der Waals surface area contributed by atoms with E-state index in [1.807, 2.05) is 0 Å². The molecule has 0 unspecified atom stereocenters. The molecule has 0 aromatic carbocycles. The second-order valence-electron chi connectivity index (χ2n) is 4.73. The Morgan fingerprint density at radius 2 is 1.84 bits per heavy atom. The van der Waals surface area contributed by atoms with Crippen LogP contribution < -0.4 is 5.90 Å². The monoisotopic (exact) mass is 271 g/mol. The highest BCUT2D eigenvalue weighted by Crippen LogP contribution is 2.26. The molecule has 2 N–H and O–H groups in total. The fourth-order valence-electron chi connectivity index (χ4n) is 1.97. The Morgan fingerprint density at radius 1 is 1.21 bits per heavy atom. The highest BCUT2D eigenvalue weighted by atomic mass is 16.6. The number of carbonyl (C=O) groups excluding carboxylic acids is 2. The standard InChI is InChI=1S/C13H21NO5/c1-9(2)18-11(15)8-17-13(16)12(19-14)10-6-4-3-5-7-10/h9H,3-8,14H2,1-2H3. The molecule has 6 heteroatoms. The first-order valence-corrected chi connectivity index (χ1v) is 6.50. The van der Waals surface area contributed by atoms with Crippen molar-refractivity contribution in [2.75, 3.05) is 6.61 Å². The first-order valence-electron chi connectivity index (χ1n) is 6.50. The molecule has 0 atom stereocenters. The van der Waals surface area contributed by atoms with Gasteiger partial charge in [-0.3, -0.25) is 0 Å². The van der Waals surface area contributed by atoms with E-state index in [9.17, 15) is 9.59 Å². The molecule has 0 aliphatic heterocycles. The lowest BCUT2D eigenvalue weighted by atomic mass is 9.94. The molecule has 0 radical (unpaired) electrons. The average molecular weight is 271 g/mol. The predicted octanol–water partition coefficient (Wildman–Crippen LogP) is 1.59. The summed E-state index contributed by atoms with van der Waals surface area (Å²) >= 11 is 0. The van der Waals surface area contributed by atoms with E-state index in [1.54, 1.807) is 13.8 Å². The quantitative estimate of drug-likeness (QED) is 0.353. The topological polar surface area (TPSA) is 87.8 Å². The Balaban J connectivity index is 2.52. The molecule has 0 spiro atoms. The van der Waals surface area contributed by atoms with Gasteiger partial charge in [0.15, 0.2) is 6.61 Å². The van der Waals surface area contributed by atoms with Gasteiger partial charge in [0.05, 0.1) is 6.10 Å². The van der Waals surface area contributed by atoms with Gasteiger partial charge in [-0.2, -0.15) is 5.90 Å². The maximum Gasteiger partial charge on any atom is 0.376 e. The van der Waals surface area contributed by atoms with Crippen molar-refractivity contribution in [1.29, 1.82) is 0 Å². The summed E-state index contributed by atoms with van der Waals surface area (Å²) in [5, 5.41) is 0. The molecular weight excluding hydrogens is 250 g/mol. The third-order valence-electron chi connectivity index (χ3n) is 2.77. The van der Waals surface area contributed by atoms with Crippen LogP contribution >= 0.6 is 0 Å². The minimum Gasteiger partial charge on any atom is -0.460 e. The van der Waals surface area contributed by atoms with Gasteiger partial charge >= 0.3 is 11.9 Å². The van der Waals surface area contributed by atoms with Gasteiger partial charge in [-0.1, -0.05) is 6.42 Å². The van der Waals surface area contributed by atoms with Crippen molar-refractivity contribution in [2.24, 2.45) is 5.90 Å². The zero-order valence-electron chi connectivity index (χ0n) is 11.4. The molecule has 0 saturated heterocycles. The fourth-order valence-corrected chi connectivity index (χ4v) is 1.97. The Morgan fingerprint density at radius 3 is 2.37 bits per heavy atom. The summed E-state index contributed by atoms with van der Waals surface area (Å²) in [4.78, 5) is 27.6. The van der Waals surface area contributed by atoms with Crippen LogP contribution in [0.1, 0.15) is 46.0 Å². The van der Waals surface area contributed by atoms with Crippen molar-refractivity contribution in [3.8, 4) is 0 Å². The fraction of sp³-hybridized carbons (Fsp3) is 0.692. The summed E-state index contributed by atoms with van der Waals surface area (Å²) in [6, 6.07) is 0. The van der Waals surface area contributed by atoms with Gasteiger partial charge in [0.1, 0.15) is 0 Å². The summed E-state index contributed by atoms with van der Waals surface area (Å²) in [5.74, 6) is 3.84. The maximum atomic E-state index is 11.8. The normalized spacial score (nSPS) is 15.1. The van der Waals surface area contributed by atoms with Crippen molar-refractivity contribution in [3.05, 3.63) is 11.3 Å². The van der Waals surface area contributed by atoms with Crippen LogP contribution in [-0.4, -0.2) is 24.6 Å². The van der Waals surface area contributed by atoms with E-state index in [-0.39, 0.29) is 11.9 Å². The number of nitrogens with two attached hydrogens (primary N) is 1. The van der Waals surface area contributed by atoms with Crippen LogP contribution in [-0.2, 0) is 23.9 Å². The van der Waals surface area contributed by atoms with Gasteiger partial charge in [-0.25, -0.2) is 9.59 Å². The summed E-state index contributed by atoms with van der Waals surface area (Å²) in [7, 11) is 0. The van der Waals surface area contributed by atoms with Crippen molar-refractivity contribution < 1.29 is 23.9 Å². The summed E-state index contributed by atoms with van der Waals surface area (Å²) < 4.78 is 9.69. The second kappa shape index (κ2) is 7.78. The number of hydrogen-bond donors (Lipinski definition) is 1. The molecule has 108 valence electrons. The lowest BCUT2D eigenvalue weighted by Gasteiger charge is -2.16. The van der Waals surface area contributed by atoms with E-state index in [1.165, 1.54) is 0 Å². The second-order valence-corrected chi connectivity index (χ2v) is 4.73. The summed E-state index contributed by atoms with van der Waals surface area (Å²) in [6.07, 6.45) is 4.45. The molecule has 0 amide bonds. The largest absolute Gasteiger partial charge is 0.460 e. The molecule has 1 aliphatic carbocycles. The van der Waals surface area contributed by atoms with E-state index in [2.05, 4.69) is 4.84 Å². The molecule has 1 fully saturated rings. The Bertz CT molecular complexity index is 354. The van der Waals surface area contributed by atoms with Gasteiger partial charge in [-0.05, 0) is 45.1 Å². The zero-order chi connectivity index (χ0) is 14.3. The number of allylic oxidation sites excluding steroid dienone is 1. The molecule has 0 heterocycles. The van der Waals surface area contributed by atoms with E-state index in [0.717, 1.165) is 37.7 Å². The van der Waals surface area contributed by atoms with E-state index < -0.39 is 18.5 Å². The molecule has 1 aliphatic rings. The third-order valence-corrected chi connectivity index (χ3v) is 2.77. The SMILES string of the molecule is CC(C)OC(=O)COC(=O)C(ON)=C1CCCCC1. The molecule has 0 aromatic heterocycles. The third kappa shape index (κ3) is 5.30. The van der Waals surface area contributed by atoms with Crippen LogP contribution in [0.25, 0.3) is 0 Å². The van der Waals surface area contributed by atoms with E-state index >= 15 is 0 Å². The number of esters is 2. The Kier molecular flexibility index (Phi) is 6.35. The molecular formula is C13H21NO5. The lowest BCUT2D eigenvalue weighted by molar-refractivity contribution is -0.161. The van der Waals surface area contributed by atoms with Gasteiger partial charge in [0.25, 0.3) is 0 Å². The van der Waals surface area contributed by atoms with Crippen LogP contribution in [0.3, 0.4) is 0 Å². The molecule has 6 nitrogen and oxygen atoms in total. The van der Waals surface area contributed by atoms with Crippen molar-refractivity contribution in [1.82, 2.24) is 0 Å². The van der Waals surface area contributed by atoms with Crippen LogP contribution in [0.5, 0.6) is 0 Å². The smallest absolute Gasteiger partial charge is 0.376 e. The number of ether oxygens (including phenoxy) is 2. The Labute approximate surface area is 112 Å². The van der Waals surface area contributed by atoms with E-state index in [4.69, 9.17) is 15.4 Å². The zero-order valence-corrected chi connectivity index (χ0v) is 11.4. The molecule has 19 heavy (non-hydrogen) atoms. The summed E-state index contributed by atoms with van der Waals surface area (Å²) in [5.41, 5.74) is 0.857. The summed E-state index contributed by atoms with van der Waals surface area (Å²) in [6.45, 7) is 3.01. The predicted molar refractivity (Wildman–Crippen MR) is 67.6 cm³/mol. The molecule has 0 aromatic rings. The van der Waals surface area contributed by atoms with Gasteiger partial charge in [0, 0.05) is 0 Å². The van der Waals surface area contributed by atoms with Gasteiger partial charge in [-0.15, -0.1) is 0 Å². The lowest BCUT2D eigenvalue weighted by Crippen LogP contribution is -2.23. The molecule has 1 rings (SSSR count). The van der Waals surface area contributed by atoms with Crippen LogP contribution in [0.15, 0.2) is 11.3 Å². The van der Waals surface area contributed by atoms with Crippen molar-refractivity contribution in [3.63, 3.8) is 0 Å². The minimum atomic E-state index is -0.708. The highest BCUT2D eigenvalue weighted by molar-refractivity contribution is 5.88. The Hall–Kier alpha value is -1.56. The van der Waals surface area contributed by atoms with Crippen LogP contribution in [0, 0.1) is 0 Å². The first-order chi connectivity index (χ1) is 9.04. The maximum absolute atomic E-state index is 11.8. The number of carbonyl (C=O) groups is 2. The average Bonchev–Trinajstić information content (AvgIpc) is 2.38. The highest BCUT2D eigenvalue weighted by Gasteiger charge is 2.21. The van der Waals surface area contributed by atoms with Crippen LogP contribution in [0.4, 0.5) is 0 Å². The van der Waals surface area contributed by atoms with Crippen molar-refractivity contribution >= 4 is 11.9 Å². The van der Waals surface area contributed by atoms with E-state index in [0.29, 0.717) is 0 Å². The number of hydrogen-bond acceptors (Lipinski definition) is 6. The molecule has 0 bridgehead atoms. The van der Waals surface area contributed by atoms with Gasteiger partial charge in [0.2, 0.25) is 5.76 Å². The van der Waals surface area contributed by atoms with Crippen LogP contribution in [0.2, 0.25) is 0 Å². The molecule has 1 saturated carbocycles. The van der Waals surface area contributed by atoms with Gasteiger partial charge < -0.3 is 14.3 Å². The number of rotatable bonds is 5. The van der Waals surface area contributed by atoms with Crippen molar-refractivity contribution in [2.45, 2.75) is 52.1 Å².